The normalized spacial score (nSPS) is 37.8. The van der Waals surface area contributed by atoms with Gasteiger partial charge in [0.25, 0.3) is 10.1 Å². The molecule has 0 radical (unpaired) electrons. The van der Waals surface area contributed by atoms with Crippen LogP contribution < -0.4 is 0 Å². The van der Waals surface area contributed by atoms with Gasteiger partial charge in [0, 0.05) is 5.92 Å². The van der Waals surface area contributed by atoms with Gasteiger partial charge in [0.2, 0.25) is 0 Å². The van der Waals surface area contributed by atoms with Crippen LogP contribution in [0.3, 0.4) is 0 Å². The average molecular weight is 409 g/mol. The van der Waals surface area contributed by atoms with Crippen molar-refractivity contribution in [1.29, 1.82) is 0 Å². The second kappa shape index (κ2) is 7.11. The molecule has 1 aromatic rings. The summed E-state index contributed by atoms with van der Waals surface area (Å²) in [4.78, 5) is 12.6. The molecule has 0 bridgehead atoms. The zero-order valence-corrected chi connectivity index (χ0v) is 17.2. The minimum Gasteiger partial charge on any atom is -0.462 e. The summed E-state index contributed by atoms with van der Waals surface area (Å²) in [5.41, 5.74) is 0.931. The standard InChI is InChI=1S/C21H28O6S/c1-13-5-7-14(8-6-13)28(24,25)26-12-16-15-10-17-18(22)4-3-9-21(17,2)11-19(15)27-20(16)23/h5-8,15-19,22H,3-4,9-12H2,1-2H3/t15-,16?,17+,18-,19-,21-/m1/s1. The molecule has 0 spiro atoms. The van der Waals surface area contributed by atoms with E-state index < -0.39 is 16.0 Å². The fourth-order valence-corrected chi connectivity index (χ4v) is 6.34. The van der Waals surface area contributed by atoms with Gasteiger partial charge in [-0.05, 0) is 56.1 Å². The summed E-state index contributed by atoms with van der Waals surface area (Å²) in [6, 6.07) is 6.43. The first kappa shape index (κ1) is 19.9. The zero-order valence-electron chi connectivity index (χ0n) is 16.3. The quantitative estimate of drug-likeness (QED) is 0.609. The van der Waals surface area contributed by atoms with Crippen LogP contribution in [0.5, 0.6) is 0 Å². The summed E-state index contributed by atoms with van der Waals surface area (Å²) in [5, 5.41) is 10.5. The first-order valence-corrected chi connectivity index (χ1v) is 11.5. The van der Waals surface area contributed by atoms with Gasteiger partial charge in [-0.3, -0.25) is 8.98 Å². The van der Waals surface area contributed by atoms with E-state index in [2.05, 4.69) is 6.92 Å². The molecule has 1 aromatic carbocycles. The SMILES string of the molecule is Cc1ccc(S(=O)(=O)OCC2C(=O)O[C@@H]3C[C@@]4(C)CCC[C@@H](O)[C@@H]4C[C@H]23)cc1. The van der Waals surface area contributed by atoms with Crippen molar-refractivity contribution >= 4 is 16.1 Å². The van der Waals surface area contributed by atoms with Gasteiger partial charge in [-0.2, -0.15) is 8.42 Å². The number of aliphatic hydroxyl groups is 1. The van der Waals surface area contributed by atoms with Gasteiger partial charge in [-0.1, -0.05) is 31.0 Å². The number of fused-ring (bicyclic) bond motifs is 2. The second-order valence-electron chi connectivity index (χ2n) is 8.96. The lowest BCUT2D eigenvalue weighted by molar-refractivity contribution is -0.148. The number of hydrogen-bond donors (Lipinski definition) is 1. The molecule has 6 nitrogen and oxygen atoms in total. The molecular weight excluding hydrogens is 380 g/mol. The molecule has 4 rings (SSSR count). The molecule has 6 atom stereocenters. The van der Waals surface area contributed by atoms with E-state index >= 15 is 0 Å². The predicted molar refractivity (Wildman–Crippen MR) is 102 cm³/mol. The van der Waals surface area contributed by atoms with Crippen LogP contribution in [-0.4, -0.2) is 38.3 Å². The average Bonchev–Trinajstić information content (AvgIpc) is 2.92. The Morgan fingerprint density at radius 1 is 1.29 bits per heavy atom. The van der Waals surface area contributed by atoms with Crippen molar-refractivity contribution in [2.24, 2.45) is 23.2 Å². The lowest BCUT2D eigenvalue weighted by Crippen LogP contribution is -2.49. The van der Waals surface area contributed by atoms with Crippen molar-refractivity contribution in [2.75, 3.05) is 6.61 Å². The highest BCUT2D eigenvalue weighted by Crippen LogP contribution is 2.55. The molecule has 1 saturated heterocycles. The molecule has 3 aliphatic rings. The Morgan fingerprint density at radius 3 is 2.71 bits per heavy atom. The van der Waals surface area contributed by atoms with Crippen LogP contribution in [0.2, 0.25) is 0 Å². The Balaban J connectivity index is 1.48. The molecule has 1 heterocycles. The van der Waals surface area contributed by atoms with E-state index in [1.807, 2.05) is 6.92 Å². The fraction of sp³-hybridized carbons (Fsp3) is 0.667. The van der Waals surface area contributed by atoms with Gasteiger partial charge in [0.05, 0.1) is 23.5 Å². The monoisotopic (exact) mass is 408 g/mol. The highest BCUT2D eigenvalue weighted by molar-refractivity contribution is 7.86. The Labute approximate surface area is 166 Å². The Kier molecular flexibility index (Phi) is 5.04. The zero-order chi connectivity index (χ0) is 20.1. The van der Waals surface area contributed by atoms with Crippen LogP contribution >= 0.6 is 0 Å². The van der Waals surface area contributed by atoms with E-state index in [0.717, 1.165) is 31.2 Å². The first-order valence-electron chi connectivity index (χ1n) is 10.0. The van der Waals surface area contributed by atoms with Crippen molar-refractivity contribution in [1.82, 2.24) is 0 Å². The van der Waals surface area contributed by atoms with E-state index in [1.54, 1.807) is 12.1 Å². The van der Waals surface area contributed by atoms with Gasteiger partial charge < -0.3 is 9.84 Å². The Morgan fingerprint density at radius 2 is 2.00 bits per heavy atom. The molecule has 1 unspecified atom stereocenters. The van der Waals surface area contributed by atoms with Crippen LogP contribution in [0.25, 0.3) is 0 Å². The van der Waals surface area contributed by atoms with Gasteiger partial charge in [0.1, 0.15) is 6.10 Å². The first-order chi connectivity index (χ1) is 13.2. The molecule has 0 aromatic heterocycles. The van der Waals surface area contributed by atoms with Crippen LogP contribution in [0.1, 0.15) is 44.6 Å². The maximum Gasteiger partial charge on any atom is 0.312 e. The largest absolute Gasteiger partial charge is 0.462 e. The van der Waals surface area contributed by atoms with E-state index in [9.17, 15) is 18.3 Å². The molecular formula is C21H28O6S. The molecule has 7 heteroatoms. The number of rotatable bonds is 4. The van der Waals surface area contributed by atoms with Crippen molar-refractivity contribution in [2.45, 2.75) is 63.1 Å². The highest BCUT2D eigenvalue weighted by atomic mass is 32.2. The molecule has 154 valence electrons. The summed E-state index contributed by atoms with van der Waals surface area (Å²) >= 11 is 0. The maximum atomic E-state index is 12.5. The smallest absolute Gasteiger partial charge is 0.312 e. The fourth-order valence-electron chi connectivity index (χ4n) is 5.41. The summed E-state index contributed by atoms with van der Waals surface area (Å²) in [5.74, 6) is -0.977. The van der Waals surface area contributed by atoms with Crippen LogP contribution in [0, 0.1) is 30.1 Å². The molecule has 0 amide bonds. The number of ether oxygens (including phenoxy) is 1. The Hall–Kier alpha value is -1.44. The lowest BCUT2D eigenvalue weighted by Gasteiger charge is -2.50. The van der Waals surface area contributed by atoms with Crippen molar-refractivity contribution in [3.63, 3.8) is 0 Å². The minimum absolute atomic E-state index is 0.0250. The second-order valence-corrected chi connectivity index (χ2v) is 10.6. The lowest BCUT2D eigenvalue weighted by atomic mass is 9.55. The van der Waals surface area contributed by atoms with Crippen LogP contribution in [0.4, 0.5) is 0 Å². The van der Waals surface area contributed by atoms with Gasteiger partial charge in [0.15, 0.2) is 0 Å². The Bertz CT molecular complexity index is 848. The number of aliphatic hydroxyl groups excluding tert-OH is 1. The molecule has 3 fully saturated rings. The van der Waals surface area contributed by atoms with Crippen molar-refractivity contribution < 1.29 is 27.2 Å². The van der Waals surface area contributed by atoms with Gasteiger partial charge >= 0.3 is 5.97 Å². The number of carbonyl (C=O) groups is 1. The predicted octanol–water partition coefficient (Wildman–Crippen LogP) is 2.82. The third-order valence-electron chi connectivity index (χ3n) is 7.08. The third-order valence-corrected chi connectivity index (χ3v) is 8.37. The molecule has 1 aliphatic heterocycles. The summed E-state index contributed by atoms with van der Waals surface area (Å²) < 4.78 is 35.8. The summed E-state index contributed by atoms with van der Waals surface area (Å²) in [6.07, 6.45) is 3.62. The topological polar surface area (TPSA) is 89.9 Å². The highest BCUT2D eigenvalue weighted by Gasteiger charge is 2.56. The number of aryl methyl sites for hydroxylation is 1. The van der Waals surface area contributed by atoms with E-state index in [0.29, 0.717) is 6.42 Å². The van der Waals surface area contributed by atoms with Gasteiger partial charge in [-0.15, -0.1) is 0 Å². The number of hydrogen-bond acceptors (Lipinski definition) is 6. The summed E-state index contributed by atoms with van der Waals surface area (Å²) in [6.45, 7) is 3.84. The summed E-state index contributed by atoms with van der Waals surface area (Å²) in [7, 11) is -3.93. The van der Waals surface area contributed by atoms with Crippen molar-refractivity contribution in [3.05, 3.63) is 29.8 Å². The maximum absolute atomic E-state index is 12.5. The number of benzene rings is 1. The molecule has 2 aliphatic carbocycles. The van der Waals surface area contributed by atoms with Gasteiger partial charge in [-0.25, -0.2) is 0 Å². The minimum atomic E-state index is -3.93. The van der Waals surface area contributed by atoms with E-state index in [1.165, 1.54) is 12.1 Å². The molecule has 28 heavy (non-hydrogen) atoms. The van der Waals surface area contributed by atoms with Crippen LogP contribution in [-0.2, 0) is 23.8 Å². The van der Waals surface area contributed by atoms with E-state index in [4.69, 9.17) is 8.92 Å². The van der Waals surface area contributed by atoms with Crippen molar-refractivity contribution in [3.8, 4) is 0 Å². The molecule has 1 N–H and O–H groups in total. The number of esters is 1. The number of carbonyl (C=O) groups excluding carboxylic acids is 1. The van der Waals surface area contributed by atoms with Crippen LogP contribution in [0.15, 0.2) is 29.2 Å². The molecule has 2 saturated carbocycles. The van der Waals surface area contributed by atoms with E-state index in [-0.39, 0.29) is 46.9 Å². The third kappa shape index (κ3) is 3.48.